The maximum Gasteiger partial charge on any atom is 0.137 e. The largest absolute Gasteiger partial charge is 0.460 e. The molecule has 0 N–H and O–H groups in total. The number of furan rings is 1. The van der Waals surface area contributed by atoms with Crippen LogP contribution in [0.2, 0.25) is 0 Å². The number of hydrogen-bond donors (Lipinski definition) is 0. The lowest BCUT2D eigenvalue weighted by molar-refractivity contribution is 0.249. The smallest absolute Gasteiger partial charge is 0.137 e. The average Bonchev–Trinajstić information content (AvgIpc) is 3.32. The first-order valence-electron chi connectivity index (χ1n) is 10.1. The number of rotatable bonds is 5. The van der Waals surface area contributed by atoms with Crippen LogP contribution in [0.25, 0.3) is 11.3 Å². The highest BCUT2D eigenvalue weighted by Gasteiger charge is 2.20. The minimum Gasteiger partial charge on any atom is -0.460 e. The summed E-state index contributed by atoms with van der Waals surface area (Å²) in [6.07, 6.45) is 5.21. The molecular weight excluding hydrogens is 381 g/mol. The monoisotopic (exact) mass is 403 g/mol. The number of hydrogen-bond acceptors (Lipinski definition) is 5. The summed E-state index contributed by atoms with van der Waals surface area (Å²) >= 11 is 0. The van der Waals surface area contributed by atoms with Gasteiger partial charge >= 0.3 is 0 Å². The van der Waals surface area contributed by atoms with E-state index in [0.717, 1.165) is 55.4 Å². The lowest BCUT2D eigenvalue weighted by Gasteiger charge is -2.18. The predicted molar refractivity (Wildman–Crippen MR) is 110 cm³/mol. The Labute approximate surface area is 174 Å². The van der Waals surface area contributed by atoms with Crippen LogP contribution in [0, 0.1) is 5.82 Å². The van der Waals surface area contributed by atoms with Gasteiger partial charge in [0.05, 0.1) is 12.1 Å². The maximum absolute atomic E-state index is 14.0. The summed E-state index contributed by atoms with van der Waals surface area (Å²) in [4.78, 5) is 6.52. The van der Waals surface area contributed by atoms with Crippen molar-refractivity contribution in [3.63, 3.8) is 0 Å². The Bertz CT molecular complexity index is 1140. The van der Waals surface area contributed by atoms with Crippen LogP contribution in [-0.4, -0.2) is 37.7 Å². The number of pyridine rings is 1. The number of benzene rings is 1. The second-order valence-corrected chi connectivity index (χ2v) is 7.49. The van der Waals surface area contributed by atoms with E-state index in [-0.39, 0.29) is 5.82 Å². The highest BCUT2D eigenvalue weighted by molar-refractivity contribution is 5.58. The van der Waals surface area contributed by atoms with E-state index in [4.69, 9.17) is 4.42 Å². The van der Waals surface area contributed by atoms with Crippen LogP contribution in [0.4, 0.5) is 4.39 Å². The first kappa shape index (κ1) is 18.7. The molecule has 1 aliphatic rings. The highest BCUT2D eigenvalue weighted by Crippen LogP contribution is 2.25. The molecule has 0 spiro atoms. The van der Waals surface area contributed by atoms with Crippen molar-refractivity contribution in [1.29, 1.82) is 0 Å². The Kier molecular flexibility index (Phi) is 5.11. The van der Waals surface area contributed by atoms with Crippen LogP contribution in [0.1, 0.15) is 23.0 Å². The van der Waals surface area contributed by atoms with Crippen molar-refractivity contribution in [1.82, 2.24) is 24.6 Å². The maximum atomic E-state index is 14.0. The minimum atomic E-state index is -0.271. The summed E-state index contributed by atoms with van der Waals surface area (Å²) in [5.41, 5.74) is 1.62. The summed E-state index contributed by atoms with van der Waals surface area (Å²) < 4.78 is 22.2. The quantitative estimate of drug-likeness (QED) is 0.508. The van der Waals surface area contributed by atoms with E-state index in [1.54, 1.807) is 18.3 Å². The summed E-state index contributed by atoms with van der Waals surface area (Å²) in [5.74, 6) is 3.12. The SMILES string of the molecule is Fc1ccccc1-c1ccc(CN2CCc3nnc(Cc4cccnc4)n3CC2)o1. The fraction of sp³-hybridized carbons (Fsp3) is 0.261. The second kappa shape index (κ2) is 8.20. The number of aromatic nitrogens is 4. The molecule has 0 aliphatic carbocycles. The molecule has 0 saturated heterocycles. The third kappa shape index (κ3) is 3.89. The van der Waals surface area contributed by atoms with Crippen LogP contribution in [-0.2, 0) is 25.9 Å². The van der Waals surface area contributed by atoms with E-state index in [9.17, 15) is 4.39 Å². The van der Waals surface area contributed by atoms with E-state index in [1.807, 2.05) is 30.5 Å². The molecule has 0 bridgehead atoms. The molecule has 7 heteroatoms. The zero-order valence-corrected chi connectivity index (χ0v) is 16.5. The van der Waals surface area contributed by atoms with E-state index in [2.05, 4.69) is 30.7 Å². The van der Waals surface area contributed by atoms with Crippen molar-refractivity contribution in [3.8, 4) is 11.3 Å². The van der Waals surface area contributed by atoms with Crippen LogP contribution < -0.4 is 0 Å². The lowest BCUT2D eigenvalue weighted by atomic mass is 10.1. The van der Waals surface area contributed by atoms with Crippen LogP contribution in [0.15, 0.2) is 65.3 Å². The molecule has 152 valence electrons. The van der Waals surface area contributed by atoms with E-state index in [0.29, 0.717) is 17.9 Å². The molecule has 0 amide bonds. The molecule has 1 aromatic carbocycles. The van der Waals surface area contributed by atoms with E-state index < -0.39 is 0 Å². The average molecular weight is 403 g/mol. The zero-order chi connectivity index (χ0) is 20.3. The van der Waals surface area contributed by atoms with Gasteiger partial charge in [0, 0.05) is 44.9 Å². The van der Waals surface area contributed by atoms with E-state index >= 15 is 0 Å². The van der Waals surface area contributed by atoms with Crippen LogP contribution in [0.3, 0.4) is 0 Å². The van der Waals surface area contributed by atoms with Crippen molar-refractivity contribution >= 4 is 0 Å². The normalized spacial score (nSPS) is 14.4. The fourth-order valence-corrected chi connectivity index (χ4v) is 3.89. The molecule has 1 aliphatic heterocycles. The Hall–Kier alpha value is -3.32. The molecule has 0 fully saturated rings. The Balaban J connectivity index is 1.26. The van der Waals surface area contributed by atoms with Crippen LogP contribution in [0.5, 0.6) is 0 Å². The summed E-state index contributed by atoms with van der Waals surface area (Å²) in [6.45, 7) is 3.27. The molecule has 0 radical (unpaired) electrons. The van der Waals surface area contributed by atoms with Crippen molar-refractivity contribution in [2.75, 3.05) is 13.1 Å². The summed E-state index contributed by atoms with van der Waals surface area (Å²) in [5, 5.41) is 8.81. The zero-order valence-electron chi connectivity index (χ0n) is 16.5. The molecule has 5 rings (SSSR count). The number of halogens is 1. The van der Waals surface area contributed by atoms with Gasteiger partial charge in [-0.2, -0.15) is 0 Å². The van der Waals surface area contributed by atoms with Crippen molar-refractivity contribution in [2.24, 2.45) is 0 Å². The Morgan fingerprint density at radius 3 is 2.77 bits per heavy atom. The number of fused-ring (bicyclic) bond motifs is 1. The standard InChI is InChI=1S/C23H22FN5O/c24-20-6-2-1-5-19(20)21-8-7-18(30-21)16-28-11-9-22-26-27-23(29(22)13-12-28)14-17-4-3-10-25-15-17/h1-8,10,15H,9,11-14,16H2. The first-order valence-corrected chi connectivity index (χ1v) is 10.1. The van der Waals surface area contributed by atoms with Gasteiger partial charge in [-0.3, -0.25) is 9.88 Å². The van der Waals surface area contributed by atoms with Gasteiger partial charge in [-0.25, -0.2) is 4.39 Å². The van der Waals surface area contributed by atoms with Gasteiger partial charge in [0.15, 0.2) is 0 Å². The van der Waals surface area contributed by atoms with Crippen molar-refractivity contribution in [3.05, 3.63) is 89.7 Å². The first-order chi connectivity index (χ1) is 14.8. The third-order valence-corrected chi connectivity index (χ3v) is 5.46. The highest BCUT2D eigenvalue weighted by atomic mass is 19.1. The van der Waals surface area contributed by atoms with Crippen molar-refractivity contribution < 1.29 is 8.81 Å². The van der Waals surface area contributed by atoms with Gasteiger partial charge < -0.3 is 8.98 Å². The van der Waals surface area contributed by atoms with E-state index in [1.165, 1.54) is 6.07 Å². The lowest BCUT2D eigenvalue weighted by Crippen LogP contribution is -2.26. The molecule has 3 aromatic heterocycles. The summed E-state index contributed by atoms with van der Waals surface area (Å²) in [6, 6.07) is 14.4. The fourth-order valence-electron chi connectivity index (χ4n) is 3.89. The Morgan fingerprint density at radius 1 is 0.967 bits per heavy atom. The molecule has 0 saturated carbocycles. The second-order valence-electron chi connectivity index (χ2n) is 7.49. The minimum absolute atomic E-state index is 0.271. The number of nitrogens with zero attached hydrogens (tertiary/aromatic N) is 5. The van der Waals surface area contributed by atoms with Gasteiger partial charge in [-0.05, 0) is 35.9 Å². The molecule has 0 atom stereocenters. The van der Waals surface area contributed by atoms with Crippen molar-refractivity contribution in [2.45, 2.75) is 25.9 Å². The Morgan fingerprint density at radius 2 is 1.90 bits per heavy atom. The van der Waals surface area contributed by atoms with Gasteiger partial charge in [0.1, 0.15) is 29.0 Å². The molecule has 4 aromatic rings. The molecule has 4 heterocycles. The molecule has 6 nitrogen and oxygen atoms in total. The topological polar surface area (TPSA) is 60.0 Å². The summed E-state index contributed by atoms with van der Waals surface area (Å²) in [7, 11) is 0. The van der Waals surface area contributed by atoms with Gasteiger partial charge in [0.2, 0.25) is 0 Å². The third-order valence-electron chi connectivity index (χ3n) is 5.46. The van der Waals surface area contributed by atoms with Crippen LogP contribution >= 0.6 is 0 Å². The van der Waals surface area contributed by atoms with Gasteiger partial charge in [-0.15, -0.1) is 10.2 Å². The van der Waals surface area contributed by atoms with Gasteiger partial charge in [-0.1, -0.05) is 18.2 Å². The molecular formula is C23H22FN5O. The predicted octanol–water partition coefficient (Wildman–Crippen LogP) is 3.72. The molecule has 30 heavy (non-hydrogen) atoms. The van der Waals surface area contributed by atoms with Gasteiger partial charge in [0.25, 0.3) is 0 Å². The molecule has 0 unspecified atom stereocenters.